The van der Waals surface area contributed by atoms with Gasteiger partial charge in [0.25, 0.3) is 11.8 Å². The molecule has 0 fully saturated rings. The van der Waals surface area contributed by atoms with Gasteiger partial charge in [-0.2, -0.15) is 0 Å². The Hall–Kier alpha value is -3.35. The summed E-state index contributed by atoms with van der Waals surface area (Å²) in [7, 11) is 1.53. The molecule has 1 aromatic carbocycles. The van der Waals surface area contributed by atoms with E-state index in [2.05, 4.69) is 10.3 Å². The van der Waals surface area contributed by atoms with E-state index in [1.807, 2.05) is 12.1 Å². The molecule has 0 unspecified atom stereocenters. The highest BCUT2D eigenvalue weighted by Crippen LogP contribution is 2.21. The normalized spacial score (nSPS) is 14.0. The molecule has 0 aliphatic carbocycles. The number of hydrogen-bond donors (Lipinski definition) is 2. The first-order valence-electron chi connectivity index (χ1n) is 7.67. The Labute approximate surface area is 144 Å². The van der Waals surface area contributed by atoms with Gasteiger partial charge in [0.05, 0.1) is 12.1 Å². The van der Waals surface area contributed by atoms with Crippen molar-refractivity contribution in [3.8, 4) is 11.5 Å². The van der Waals surface area contributed by atoms with Crippen molar-refractivity contribution >= 4 is 11.8 Å². The van der Waals surface area contributed by atoms with Crippen LogP contribution in [0.2, 0.25) is 0 Å². The lowest BCUT2D eigenvalue weighted by Gasteiger charge is -2.09. The lowest BCUT2D eigenvalue weighted by atomic mass is 10.2. The topological polar surface area (TPSA) is 91.8 Å². The van der Waals surface area contributed by atoms with Gasteiger partial charge in [-0.25, -0.2) is 0 Å². The Morgan fingerprint density at radius 3 is 2.44 bits per heavy atom. The van der Waals surface area contributed by atoms with Gasteiger partial charge in [-0.05, 0) is 29.8 Å². The fourth-order valence-corrected chi connectivity index (χ4v) is 2.38. The van der Waals surface area contributed by atoms with Crippen molar-refractivity contribution in [2.45, 2.75) is 6.54 Å². The van der Waals surface area contributed by atoms with Crippen molar-refractivity contribution in [2.75, 3.05) is 13.6 Å². The van der Waals surface area contributed by atoms with Crippen LogP contribution in [0.1, 0.15) is 5.56 Å². The molecule has 1 aliphatic heterocycles. The predicted octanol–water partition coefficient (Wildman–Crippen LogP) is 1.77. The molecule has 0 bridgehead atoms. The smallest absolute Gasteiger partial charge is 0.289 e. The number of ether oxygens (including phenoxy) is 1. The summed E-state index contributed by atoms with van der Waals surface area (Å²) in [6.07, 6.45) is 3.29. The zero-order chi connectivity index (χ0) is 17.8. The first kappa shape index (κ1) is 16.5. The van der Waals surface area contributed by atoms with Gasteiger partial charge in [-0.15, -0.1) is 0 Å². The van der Waals surface area contributed by atoms with E-state index >= 15 is 0 Å². The zero-order valence-corrected chi connectivity index (χ0v) is 13.6. The molecule has 2 heterocycles. The number of aromatic nitrogens is 1. The van der Waals surface area contributed by atoms with E-state index < -0.39 is 17.6 Å². The van der Waals surface area contributed by atoms with Crippen LogP contribution in [0.5, 0.6) is 11.5 Å². The van der Waals surface area contributed by atoms with Crippen LogP contribution in [0, 0.1) is 0 Å². The van der Waals surface area contributed by atoms with Crippen LogP contribution in [0.25, 0.3) is 0 Å². The van der Waals surface area contributed by atoms with E-state index in [9.17, 15) is 14.7 Å². The third-order valence-electron chi connectivity index (χ3n) is 3.77. The number of rotatable bonds is 5. The fourth-order valence-electron chi connectivity index (χ4n) is 2.38. The van der Waals surface area contributed by atoms with E-state index in [1.54, 1.807) is 36.7 Å². The van der Waals surface area contributed by atoms with Crippen molar-refractivity contribution < 1.29 is 19.4 Å². The van der Waals surface area contributed by atoms with E-state index in [-0.39, 0.29) is 18.7 Å². The molecular weight excluding hydrogens is 322 g/mol. The molecule has 2 aromatic rings. The van der Waals surface area contributed by atoms with E-state index in [4.69, 9.17) is 4.74 Å². The van der Waals surface area contributed by atoms with E-state index in [0.717, 1.165) is 5.56 Å². The Morgan fingerprint density at radius 1 is 1.20 bits per heavy atom. The standard InChI is InChI=1S/C18H17N3O4/c1-21-11-15(16(22)18(21)24)17(23)20-10-12-2-4-13(5-3-12)25-14-6-8-19-9-7-14/h2-9,22H,10-11H2,1H3,(H,20,23). The molecule has 0 radical (unpaired) electrons. The first-order chi connectivity index (χ1) is 12.0. The molecule has 7 nitrogen and oxygen atoms in total. The summed E-state index contributed by atoms with van der Waals surface area (Å²) >= 11 is 0. The highest BCUT2D eigenvalue weighted by Gasteiger charge is 2.31. The number of hydrogen-bond acceptors (Lipinski definition) is 5. The number of aliphatic hydroxyl groups excluding tert-OH is 1. The van der Waals surface area contributed by atoms with Gasteiger partial charge in [-0.1, -0.05) is 12.1 Å². The summed E-state index contributed by atoms with van der Waals surface area (Å²) < 4.78 is 5.67. The number of benzene rings is 1. The van der Waals surface area contributed by atoms with Gasteiger partial charge in [-0.3, -0.25) is 14.6 Å². The van der Waals surface area contributed by atoms with Crippen molar-refractivity contribution in [3.63, 3.8) is 0 Å². The van der Waals surface area contributed by atoms with Gasteiger partial charge >= 0.3 is 0 Å². The number of carbonyl (C=O) groups excluding carboxylic acids is 2. The highest BCUT2D eigenvalue weighted by molar-refractivity contribution is 6.06. The summed E-state index contributed by atoms with van der Waals surface area (Å²) in [5.74, 6) is -0.116. The van der Waals surface area contributed by atoms with Crippen LogP contribution in [0.3, 0.4) is 0 Å². The number of carbonyl (C=O) groups is 2. The summed E-state index contributed by atoms with van der Waals surface area (Å²) in [6.45, 7) is 0.387. The molecule has 0 saturated heterocycles. The monoisotopic (exact) mass is 339 g/mol. The third-order valence-corrected chi connectivity index (χ3v) is 3.77. The Balaban J connectivity index is 1.57. The van der Waals surface area contributed by atoms with Crippen molar-refractivity contribution in [1.82, 2.24) is 15.2 Å². The lowest BCUT2D eigenvalue weighted by Crippen LogP contribution is -2.27. The maximum absolute atomic E-state index is 12.1. The van der Waals surface area contributed by atoms with Gasteiger partial charge in [0.2, 0.25) is 0 Å². The van der Waals surface area contributed by atoms with Crippen LogP contribution in [0.15, 0.2) is 60.1 Å². The van der Waals surface area contributed by atoms with Crippen molar-refractivity contribution in [2.24, 2.45) is 0 Å². The summed E-state index contributed by atoms with van der Waals surface area (Å²) in [5, 5.41) is 12.4. The number of nitrogens with zero attached hydrogens (tertiary/aromatic N) is 2. The Morgan fingerprint density at radius 2 is 1.84 bits per heavy atom. The predicted molar refractivity (Wildman–Crippen MR) is 89.9 cm³/mol. The highest BCUT2D eigenvalue weighted by atomic mass is 16.5. The number of likely N-dealkylation sites (N-methyl/N-ethyl adjacent to an activating group) is 1. The number of pyridine rings is 1. The van der Waals surface area contributed by atoms with Crippen molar-refractivity contribution in [1.29, 1.82) is 0 Å². The molecule has 2 N–H and O–H groups in total. The minimum absolute atomic E-state index is 0.0881. The number of amides is 2. The van der Waals surface area contributed by atoms with Crippen LogP contribution < -0.4 is 10.1 Å². The van der Waals surface area contributed by atoms with Crippen LogP contribution in [0.4, 0.5) is 0 Å². The van der Waals surface area contributed by atoms with Gasteiger partial charge in [0.1, 0.15) is 11.5 Å². The first-order valence-corrected chi connectivity index (χ1v) is 7.67. The minimum atomic E-state index is -0.539. The lowest BCUT2D eigenvalue weighted by molar-refractivity contribution is -0.126. The van der Waals surface area contributed by atoms with Gasteiger partial charge in [0.15, 0.2) is 5.76 Å². The summed E-state index contributed by atoms with van der Waals surface area (Å²) in [5.41, 5.74) is 0.957. The molecule has 3 rings (SSSR count). The molecule has 7 heteroatoms. The van der Waals surface area contributed by atoms with Crippen LogP contribution >= 0.6 is 0 Å². The molecule has 0 atom stereocenters. The molecular formula is C18H17N3O4. The van der Waals surface area contributed by atoms with Crippen LogP contribution in [-0.2, 0) is 16.1 Å². The molecule has 1 aliphatic rings. The van der Waals surface area contributed by atoms with E-state index in [1.165, 1.54) is 11.9 Å². The number of nitrogens with one attached hydrogen (secondary N) is 1. The third kappa shape index (κ3) is 3.77. The molecule has 0 saturated carbocycles. The fraction of sp³-hybridized carbons (Fsp3) is 0.167. The minimum Gasteiger partial charge on any atom is -0.503 e. The Bertz CT molecular complexity index is 816. The molecule has 25 heavy (non-hydrogen) atoms. The van der Waals surface area contributed by atoms with Crippen LogP contribution in [-0.4, -0.2) is 40.4 Å². The molecule has 0 spiro atoms. The second kappa shape index (κ2) is 7.04. The van der Waals surface area contributed by atoms with Gasteiger partial charge in [0, 0.05) is 26.0 Å². The van der Waals surface area contributed by atoms with Crippen molar-refractivity contribution in [3.05, 3.63) is 65.7 Å². The summed E-state index contributed by atoms with van der Waals surface area (Å²) in [4.78, 5) is 28.8. The molecule has 2 amide bonds. The van der Waals surface area contributed by atoms with E-state index in [0.29, 0.717) is 11.5 Å². The Kier molecular flexibility index (Phi) is 4.65. The zero-order valence-electron chi connectivity index (χ0n) is 13.6. The molecule has 1 aromatic heterocycles. The second-order valence-corrected chi connectivity index (χ2v) is 5.60. The average Bonchev–Trinajstić information content (AvgIpc) is 2.89. The average molecular weight is 339 g/mol. The molecule has 128 valence electrons. The number of aliphatic hydroxyl groups is 1. The largest absolute Gasteiger partial charge is 0.503 e. The summed E-state index contributed by atoms with van der Waals surface area (Å²) in [6, 6.07) is 10.8. The second-order valence-electron chi connectivity index (χ2n) is 5.60. The van der Waals surface area contributed by atoms with Gasteiger partial charge < -0.3 is 20.1 Å². The quantitative estimate of drug-likeness (QED) is 0.866. The maximum atomic E-state index is 12.1. The SMILES string of the molecule is CN1CC(C(=O)NCc2ccc(Oc3ccncc3)cc2)=C(O)C1=O. The maximum Gasteiger partial charge on any atom is 0.289 e.